The zero-order valence-corrected chi connectivity index (χ0v) is 19.1. The van der Waals surface area contributed by atoms with Crippen LogP contribution < -0.4 is 10.5 Å². The smallest absolute Gasteiger partial charge is 0.226 e. The minimum absolute atomic E-state index is 0.145. The molecule has 0 fully saturated rings. The highest BCUT2D eigenvalue weighted by Crippen LogP contribution is 2.40. The summed E-state index contributed by atoms with van der Waals surface area (Å²) in [6.07, 6.45) is 10.9. The Morgan fingerprint density at radius 3 is 2.82 bits per heavy atom. The highest BCUT2D eigenvalue weighted by Gasteiger charge is 2.23. The quantitative estimate of drug-likeness (QED) is 0.373. The maximum absolute atomic E-state index is 6.52. The molecule has 1 aromatic carbocycles. The van der Waals surface area contributed by atoms with Gasteiger partial charge < -0.3 is 15.5 Å². The monoisotopic (exact) mass is 455 g/mol. The molecule has 6 rings (SSSR count). The molecule has 0 amide bonds. The minimum atomic E-state index is -0.145. The number of ether oxygens (including phenoxy) is 1. The van der Waals surface area contributed by atoms with Crippen LogP contribution in [0.1, 0.15) is 28.8 Å². The van der Waals surface area contributed by atoms with E-state index in [1.807, 2.05) is 24.4 Å². The molecule has 4 heterocycles. The van der Waals surface area contributed by atoms with Gasteiger partial charge in [-0.05, 0) is 61.4 Å². The van der Waals surface area contributed by atoms with Crippen LogP contribution in [0, 0.1) is 0 Å². The molecule has 0 saturated heterocycles. The van der Waals surface area contributed by atoms with E-state index in [-0.39, 0.29) is 6.04 Å². The average molecular weight is 456 g/mol. The topological polar surface area (TPSA) is 89.7 Å². The molecular formula is C26H25N5OS. The van der Waals surface area contributed by atoms with Crippen molar-refractivity contribution >= 4 is 32.5 Å². The van der Waals surface area contributed by atoms with Gasteiger partial charge in [-0.15, -0.1) is 11.3 Å². The van der Waals surface area contributed by atoms with E-state index < -0.39 is 0 Å². The number of pyridine rings is 1. The fourth-order valence-corrected chi connectivity index (χ4v) is 5.94. The second-order valence-electron chi connectivity index (χ2n) is 8.61. The van der Waals surface area contributed by atoms with E-state index in [1.54, 1.807) is 23.7 Å². The summed E-state index contributed by atoms with van der Waals surface area (Å²) in [6.45, 7) is 0.395. The van der Waals surface area contributed by atoms with E-state index in [2.05, 4.69) is 28.2 Å². The summed E-state index contributed by atoms with van der Waals surface area (Å²) in [5, 5.41) is 2.29. The number of thiophene rings is 1. The Morgan fingerprint density at radius 2 is 1.91 bits per heavy atom. The van der Waals surface area contributed by atoms with Crippen molar-refractivity contribution in [3.05, 3.63) is 71.0 Å². The Kier molecular flexibility index (Phi) is 5.28. The number of nitrogens with one attached hydrogen (secondary N) is 1. The third-order valence-electron chi connectivity index (χ3n) is 6.31. The van der Waals surface area contributed by atoms with Crippen LogP contribution in [-0.2, 0) is 19.3 Å². The van der Waals surface area contributed by atoms with Crippen molar-refractivity contribution in [3.8, 4) is 17.3 Å². The van der Waals surface area contributed by atoms with Crippen LogP contribution in [0.4, 0.5) is 0 Å². The predicted molar refractivity (Wildman–Crippen MR) is 133 cm³/mol. The summed E-state index contributed by atoms with van der Waals surface area (Å²) in [7, 11) is 0. The standard InChI is InChI=1S/C26H25N5OS/c27-18(13-17-14-29-21-7-3-1-5-19(17)21)15-32-25-23-20-6-2-4-8-22(20)33-26(23)31-24(30-25)16-9-11-28-12-10-16/h1,3,5,7,9-12,14,18,29H,2,4,6,8,13,15,27H2/t18-/m0/s1. The SMILES string of the molecule is N[C@H](COc1nc(-c2ccncc2)nc2sc3c(c12)CCCC3)Cc1c[nH]c2ccccc12. The number of aromatic nitrogens is 4. The third-order valence-corrected chi connectivity index (χ3v) is 7.50. The Morgan fingerprint density at radius 1 is 1.06 bits per heavy atom. The molecule has 166 valence electrons. The van der Waals surface area contributed by atoms with E-state index >= 15 is 0 Å². The van der Waals surface area contributed by atoms with Crippen LogP contribution in [-0.4, -0.2) is 32.6 Å². The van der Waals surface area contributed by atoms with Gasteiger partial charge in [0.05, 0.1) is 5.39 Å². The van der Waals surface area contributed by atoms with Gasteiger partial charge in [-0.3, -0.25) is 4.98 Å². The van der Waals surface area contributed by atoms with Gasteiger partial charge in [0.2, 0.25) is 5.88 Å². The summed E-state index contributed by atoms with van der Waals surface area (Å²) in [5.74, 6) is 1.32. The summed E-state index contributed by atoms with van der Waals surface area (Å²) >= 11 is 1.78. The normalized spacial score (nSPS) is 14.5. The molecule has 0 unspecified atom stereocenters. The minimum Gasteiger partial charge on any atom is -0.475 e. The number of fused-ring (bicyclic) bond motifs is 4. The number of nitrogens with two attached hydrogens (primary N) is 1. The summed E-state index contributed by atoms with van der Waals surface area (Å²) in [6, 6.07) is 12.0. The Balaban J connectivity index is 1.31. The molecule has 33 heavy (non-hydrogen) atoms. The van der Waals surface area contributed by atoms with Gasteiger partial charge in [0, 0.05) is 46.0 Å². The first kappa shape index (κ1) is 20.3. The zero-order valence-electron chi connectivity index (χ0n) is 18.3. The number of hydrogen-bond donors (Lipinski definition) is 2. The maximum Gasteiger partial charge on any atom is 0.226 e. The van der Waals surface area contributed by atoms with Gasteiger partial charge in [0.1, 0.15) is 11.4 Å². The van der Waals surface area contributed by atoms with Crippen molar-refractivity contribution in [2.24, 2.45) is 5.73 Å². The van der Waals surface area contributed by atoms with Gasteiger partial charge in [0.25, 0.3) is 0 Å². The zero-order chi connectivity index (χ0) is 22.2. The number of aromatic amines is 1. The molecular weight excluding hydrogens is 430 g/mol. The van der Waals surface area contributed by atoms with Crippen molar-refractivity contribution in [1.29, 1.82) is 0 Å². The fourth-order valence-electron chi connectivity index (χ4n) is 4.69. The van der Waals surface area contributed by atoms with Crippen molar-refractivity contribution in [2.45, 2.75) is 38.1 Å². The van der Waals surface area contributed by atoms with Crippen LogP contribution in [0.2, 0.25) is 0 Å². The number of aryl methyl sites for hydroxylation is 2. The lowest BCUT2D eigenvalue weighted by Crippen LogP contribution is -2.30. The molecule has 0 spiro atoms. The van der Waals surface area contributed by atoms with Gasteiger partial charge in [0.15, 0.2) is 5.82 Å². The lowest BCUT2D eigenvalue weighted by Gasteiger charge is -2.15. The van der Waals surface area contributed by atoms with E-state index in [1.165, 1.54) is 34.2 Å². The highest BCUT2D eigenvalue weighted by atomic mass is 32.1. The first-order valence-electron chi connectivity index (χ1n) is 11.4. The maximum atomic E-state index is 6.52. The molecule has 7 heteroatoms. The van der Waals surface area contributed by atoms with E-state index in [0.29, 0.717) is 18.3 Å². The molecule has 3 N–H and O–H groups in total. The van der Waals surface area contributed by atoms with Gasteiger partial charge in [-0.2, -0.15) is 4.98 Å². The molecule has 0 saturated carbocycles. The van der Waals surface area contributed by atoms with Crippen LogP contribution in [0.5, 0.6) is 5.88 Å². The van der Waals surface area contributed by atoms with E-state index in [9.17, 15) is 0 Å². The van der Waals surface area contributed by atoms with Gasteiger partial charge in [-0.25, -0.2) is 4.98 Å². The lowest BCUT2D eigenvalue weighted by atomic mass is 9.97. The average Bonchev–Trinajstić information content (AvgIpc) is 3.44. The highest BCUT2D eigenvalue weighted by molar-refractivity contribution is 7.18. The van der Waals surface area contributed by atoms with Crippen LogP contribution in [0.25, 0.3) is 32.5 Å². The second kappa shape index (κ2) is 8.57. The third kappa shape index (κ3) is 3.87. The summed E-state index contributed by atoms with van der Waals surface area (Å²) < 4.78 is 6.33. The van der Waals surface area contributed by atoms with Gasteiger partial charge in [-0.1, -0.05) is 18.2 Å². The number of para-hydroxylation sites is 1. The van der Waals surface area contributed by atoms with Crippen molar-refractivity contribution < 1.29 is 4.74 Å². The van der Waals surface area contributed by atoms with Crippen LogP contribution >= 0.6 is 11.3 Å². The van der Waals surface area contributed by atoms with E-state index in [4.69, 9.17) is 20.4 Å². The number of benzene rings is 1. The van der Waals surface area contributed by atoms with Crippen LogP contribution in [0.15, 0.2) is 55.0 Å². The summed E-state index contributed by atoms with van der Waals surface area (Å²) in [5.41, 5.74) is 11.2. The predicted octanol–water partition coefficient (Wildman–Crippen LogP) is 5.06. The molecule has 0 aliphatic heterocycles. The largest absolute Gasteiger partial charge is 0.475 e. The first-order valence-corrected chi connectivity index (χ1v) is 12.2. The summed E-state index contributed by atoms with van der Waals surface area (Å²) in [4.78, 5) is 19.6. The number of hydrogen-bond acceptors (Lipinski definition) is 6. The Bertz CT molecular complexity index is 1430. The molecule has 4 aromatic heterocycles. The molecule has 0 bridgehead atoms. The van der Waals surface area contributed by atoms with E-state index in [0.717, 1.165) is 40.6 Å². The van der Waals surface area contributed by atoms with Gasteiger partial charge >= 0.3 is 0 Å². The lowest BCUT2D eigenvalue weighted by molar-refractivity contribution is 0.281. The molecule has 1 atom stereocenters. The van der Waals surface area contributed by atoms with Crippen molar-refractivity contribution in [2.75, 3.05) is 6.61 Å². The molecule has 1 aliphatic rings. The first-order chi connectivity index (χ1) is 16.3. The number of rotatable bonds is 6. The second-order valence-corrected chi connectivity index (χ2v) is 9.70. The van der Waals surface area contributed by atoms with Crippen molar-refractivity contribution in [3.63, 3.8) is 0 Å². The Hall–Kier alpha value is -3.29. The number of nitrogens with zero attached hydrogens (tertiary/aromatic N) is 3. The fraction of sp³-hybridized carbons (Fsp3) is 0.269. The molecule has 0 radical (unpaired) electrons. The van der Waals surface area contributed by atoms with Crippen molar-refractivity contribution in [1.82, 2.24) is 19.9 Å². The molecule has 1 aliphatic carbocycles. The van der Waals surface area contributed by atoms with Crippen LogP contribution in [0.3, 0.4) is 0 Å². The molecule has 6 nitrogen and oxygen atoms in total. The Labute approximate surface area is 195 Å². The molecule has 5 aromatic rings. The number of H-pyrrole nitrogens is 1.